The zero-order valence-electron chi connectivity index (χ0n) is 12.1. The van der Waals surface area contributed by atoms with E-state index in [1.807, 2.05) is 13.8 Å². The molecule has 0 saturated carbocycles. The molecule has 1 aliphatic heterocycles. The van der Waals surface area contributed by atoms with Crippen LogP contribution in [0.3, 0.4) is 0 Å². The van der Waals surface area contributed by atoms with Gasteiger partial charge in [-0.25, -0.2) is 9.97 Å². The lowest BCUT2D eigenvalue weighted by Gasteiger charge is -2.29. The summed E-state index contributed by atoms with van der Waals surface area (Å²) in [6.07, 6.45) is 4.08. The number of piperidine rings is 1. The average molecular weight is 264 g/mol. The quantitative estimate of drug-likeness (QED) is 0.880. The number of hydrogen-bond donors (Lipinski definition) is 1. The van der Waals surface area contributed by atoms with Crippen molar-refractivity contribution in [2.24, 2.45) is 5.92 Å². The van der Waals surface area contributed by atoms with Crippen LogP contribution in [0.15, 0.2) is 6.33 Å². The minimum atomic E-state index is 0.631. The van der Waals surface area contributed by atoms with Crippen molar-refractivity contribution in [1.82, 2.24) is 14.9 Å². The van der Waals surface area contributed by atoms with Crippen molar-refractivity contribution < 1.29 is 4.74 Å². The van der Waals surface area contributed by atoms with Crippen LogP contribution >= 0.6 is 0 Å². The zero-order valence-corrected chi connectivity index (χ0v) is 12.1. The van der Waals surface area contributed by atoms with E-state index in [2.05, 4.69) is 27.2 Å². The van der Waals surface area contributed by atoms with E-state index in [1.165, 1.54) is 25.9 Å². The van der Waals surface area contributed by atoms with Gasteiger partial charge in [-0.05, 0) is 52.7 Å². The third-order valence-corrected chi connectivity index (χ3v) is 3.72. The molecule has 0 amide bonds. The smallest absolute Gasteiger partial charge is 0.221 e. The number of aromatic nitrogens is 2. The fourth-order valence-corrected chi connectivity index (χ4v) is 2.40. The molecule has 1 N–H and O–H groups in total. The minimum Gasteiger partial charge on any atom is -0.478 e. The van der Waals surface area contributed by atoms with Gasteiger partial charge in [-0.3, -0.25) is 0 Å². The highest BCUT2D eigenvalue weighted by atomic mass is 16.5. The van der Waals surface area contributed by atoms with Crippen LogP contribution in [-0.4, -0.2) is 48.2 Å². The van der Waals surface area contributed by atoms with Crippen molar-refractivity contribution in [3.8, 4) is 5.88 Å². The number of likely N-dealkylation sites (tertiary alicyclic amines) is 1. The lowest BCUT2D eigenvalue weighted by atomic mass is 9.97. The number of ether oxygens (including phenoxy) is 1. The molecule has 1 fully saturated rings. The summed E-state index contributed by atoms with van der Waals surface area (Å²) in [7, 11) is 2.19. The summed E-state index contributed by atoms with van der Waals surface area (Å²) in [5, 5.41) is 3.45. The summed E-state index contributed by atoms with van der Waals surface area (Å²) in [4.78, 5) is 10.8. The lowest BCUT2D eigenvalue weighted by Crippen LogP contribution is -2.33. The molecule has 0 bridgehead atoms. The maximum Gasteiger partial charge on any atom is 0.221 e. The van der Waals surface area contributed by atoms with Gasteiger partial charge in [-0.2, -0.15) is 0 Å². The van der Waals surface area contributed by atoms with Crippen LogP contribution in [0.25, 0.3) is 0 Å². The van der Waals surface area contributed by atoms with Crippen molar-refractivity contribution in [3.63, 3.8) is 0 Å². The Labute approximate surface area is 115 Å². The van der Waals surface area contributed by atoms with Gasteiger partial charge in [-0.1, -0.05) is 0 Å². The lowest BCUT2D eigenvalue weighted by molar-refractivity contribution is 0.226. The van der Waals surface area contributed by atoms with Gasteiger partial charge in [0.15, 0.2) is 0 Å². The third kappa shape index (κ3) is 3.80. The molecular weight excluding hydrogens is 240 g/mol. The van der Waals surface area contributed by atoms with E-state index >= 15 is 0 Å². The molecule has 0 unspecified atom stereocenters. The van der Waals surface area contributed by atoms with Crippen molar-refractivity contribution in [2.45, 2.75) is 26.7 Å². The first-order valence-corrected chi connectivity index (χ1v) is 7.07. The first-order chi connectivity index (χ1) is 9.20. The molecule has 19 heavy (non-hydrogen) atoms. The Morgan fingerprint density at radius 2 is 2.11 bits per heavy atom. The largest absolute Gasteiger partial charge is 0.478 e. The molecule has 0 aliphatic carbocycles. The molecule has 0 aromatic carbocycles. The fourth-order valence-electron chi connectivity index (χ4n) is 2.40. The van der Waals surface area contributed by atoms with E-state index < -0.39 is 0 Å². The molecule has 0 spiro atoms. The molecule has 1 aromatic rings. The van der Waals surface area contributed by atoms with Crippen LogP contribution in [0, 0.1) is 12.8 Å². The van der Waals surface area contributed by atoms with E-state index in [4.69, 9.17) is 4.74 Å². The summed E-state index contributed by atoms with van der Waals surface area (Å²) in [6.45, 7) is 7.97. The van der Waals surface area contributed by atoms with E-state index in [9.17, 15) is 0 Å². The van der Waals surface area contributed by atoms with Crippen LogP contribution < -0.4 is 10.1 Å². The summed E-state index contributed by atoms with van der Waals surface area (Å²) < 4.78 is 5.49. The molecule has 2 heterocycles. The normalized spacial score (nSPS) is 17.4. The average Bonchev–Trinajstić information content (AvgIpc) is 2.42. The van der Waals surface area contributed by atoms with Gasteiger partial charge in [0.2, 0.25) is 5.88 Å². The molecule has 5 heteroatoms. The topological polar surface area (TPSA) is 50.3 Å². The Hall–Kier alpha value is -1.36. The molecule has 1 aliphatic rings. The molecule has 5 nitrogen and oxygen atoms in total. The second kappa shape index (κ2) is 6.70. The highest BCUT2D eigenvalue weighted by molar-refractivity contribution is 5.47. The molecule has 106 valence electrons. The summed E-state index contributed by atoms with van der Waals surface area (Å²) in [5.41, 5.74) is 0.997. The standard InChI is InChI=1S/C14H24N4O/c1-4-19-14-11(2)13(16-10-17-14)15-9-12-5-7-18(3)8-6-12/h10,12H,4-9H2,1-3H3,(H,15,16,17). The van der Waals surface area contributed by atoms with Crippen LogP contribution in [-0.2, 0) is 0 Å². The minimum absolute atomic E-state index is 0.631. The Bertz CT molecular complexity index is 402. The second-order valence-corrected chi connectivity index (χ2v) is 5.21. The van der Waals surface area contributed by atoms with Crippen molar-refractivity contribution in [1.29, 1.82) is 0 Å². The van der Waals surface area contributed by atoms with E-state index in [0.29, 0.717) is 12.5 Å². The number of rotatable bonds is 5. The monoisotopic (exact) mass is 264 g/mol. The van der Waals surface area contributed by atoms with Crippen molar-refractivity contribution >= 4 is 5.82 Å². The summed E-state index contributed by atoms with van der Waals surface area (Å²) in [5.74, 6) is 2.32. The van der Waals surface area contributed by atoms with Gasteiger partial charge >= 0.3 is 0 Å². The van der Waals surface area contributed by atoms with Crippen LogP contribution in [0.2, 0.25) is 0 Å². The SMILES string of the molecule is CCOc1ncnc(NCC2CCN(C)CC2)c1C. The maximum absolute atomic E-state index is 5.49. The Balaban J connectivity index is 1.90. The molecule has 2 rings (SSSR count). The van der Waals surface area contributed by atoms with Crippen molar-refractivity contribution in [3.05, 3.63) is 11.9 Å². The van der Waals surface area contributed by atoms with Crippen molar-refractivity contribution in [2.75, 3.05) is 38.6 Å². The first kappa shape index (κ1) is 14.1. The van der Waals surface area contributed by atoms with Crippen LogP contribution in [0.5, 0.6) is 5.88 Å². The highest BCUT2D eigenvalue weighted by Crippen LogP contribution is 2.22. The van der Waals surface area contributed by atoms with Gasteiger partial charge in [0.25, 0.3) is 0 Å². The molecule has 1 aromatic heterocycles. The number of nitrogens with one attached hydrogen (secondary N) is 1. The van der Waals surface area contributed by atoms with Gasteiger partial charge in [0, 0.05) is 6.54 Å². The summed E-state index contributed by atoms with van der Waals surface area (Å²) >= 11 is 0. The maximum atomic E-state index is 5.49. The predicted molar refractivity (Wildman–Crippen MR) is 76.6 cm³/mol. The molecule has 0 atom stereocenters. The van der Waals surface area contributed by atoms with Crippen LogP contribution in [0.4, 0.5) is 5.82 Å². The predicted octanol–water partition coefficient (Wildman–Crippen LogP) is 1.94. The number of hydrogen-bond acceptors (Lipinski definition) is 5. The van der Waals surface area contributed by atoms with Gasteiger partial charge in [0.1, 0.15) is 12.1 Å². The molecule has 1 saturated heterocycles. The van der Waals surface area contributed by atoms with E-state index in [-0.39, 0.29) is 0 Å². The highest BCUT2D eigenvalue weighted by Gasteiger charge is 2.17. The summed E-state index contributed by atoms with van der Waals surface area (Å²) in [6, 6.07) is 0. The van der Waals surface area contributed by atoms with E-state index in [0.717, 1.165) is 23.8 Å². The van der Waals surface area contributed by atoms with Gasteiger partial charge < -0.3 is 15.0 Å². The van der Waals surface area contributed by atoms with E-state index in [1.54, 1.807) is 6.33 Å². The van der Waals surface area contributed by atoms with Gasteiger partial charge in [0.05, 0.1) is 12.2 Å². The Kier molecular flexibility index (Phi) is 4.96. The zero-order chi connectivity index (χ0) is 13.7. The Morgan fingerprint density at radius 3 is 2.79 bits per heavy atom. The second-order valence-electron chi connectivity index (χ2n) is 5.21. The first-order valence-electron chi connectivity index (χ1n) is 7.07. The Morgan fingerprint density at radius 1 is 1.37 bits per heavy atom. The van der Waals surface area contributed by atoms with Crippen LogP contribution in [0.1, 0.15) is 25.3 Å². The number of anilines is 1. The van der Waals surface area contributed by atoms with Gasteiger partial charge in [-0.15, -0.1) is 0 Å². The molecular formula is C14H24N4O. The number of nitrogens with zero attached hydrogens (tertiary/aromatic N) is 3. The fraction of sp³-hybridized carbons (Fsp3) is 0.714. The molecule has 0 radical (unpaired) electrons. The third-order valence-electron chi connectivity index (χ3n) is 3.72.